The Labute approximate surface area is 241 Å². The first-order valence-corrected chi connectivity index (χ1v) is 13.6. The van der Waals surface area contributed by atoms with Gasteiger partial charge in [0.1, 0.15) is 5.69 Å². The molecule has 5 rings (SSSR count). The molecule has 0 spiro atoms. The SMILES string of the molecule is CCCC(=O)N(c1cnc(-c2cnc(OC)nc2)cn1)C1CCC(Nc2ncc(C(O)(O)O)c(-c3ccn[nH]3)n2)CC1. The highest BCUT2D eigenvalue weighted by Gasteiger charge is 2.32. The molecule has 0 bridgehead atoms. The lowest BCUT2D eigenvalue weighted by molar-refractivity contribution is -0.323. The van der Waals surface area contributed by atoms with Gasteiger partial charge in [0.25, 0.3) is 0 Å². The number of hydrogen-bond donors (Lipinski definition) is 5. The average molecular weight is 577 g/mol. The molecule has 1 saturated carbocycles. The maximum absolute atomic E-state index is 13.2. The Morgan fingerprint density at radius 2 is 1.81 bits per heavy atom. The fourth-order valence-electron chi connectivity index (χ4n) is 4.95. The molecule has 1 aliphatic carbocycles. The van der Waals surface area contributed by atoms with E-state index in [2.05, 4.69) is 45.4 Å². The van der Waals surface area contributed by atoms with Crippen LogP contribution in [0.3, 0.4) is 0 Å². The first kappa shape index (κ1) is 28.9. The Balaban J connectivity index is 1.28. The van der Waals surface area contributed by atoms with Crippen molar-refractivity contribution in [1.82, 2.24) is 40.1 Å². The predicted molar refractivity (Wildman–Crippen MR) is 150 cm³/mol. The van der Waals surface area contributed by atoms with E-state index in [0.29, 0.717) is 48.5 Å². The minimum absolute atomic E-state index is 0.00708. The van der Waals surface area contributed by atoms with E-state index < -0.39 is 5.97 Å². The summed E-state index contributed by atoms with van der Waals surface area (Å²) in [7, 11) is 1.49. The zero-order chi connectivity index (χ0) is 29.7. The second-order valence-corrected chi connectivity index (χ2v) is 9.94. The molecule has 1 fully saturated rings. The van der Waals surface area contributed by atoms with Crippen LogP contribution >= 0.6 is 0 Å². The minimum atomic E-state index is -3.12. The Kier molecular flexibility index (Phi) is 8.61. The van der Waals surface area contributed by atoms with Gasteiger partial charge in [0.2, 0.25) is 11.9 Å². The third kappa shape index (κ3) is 6.48. The van der Waals surface area contributed by atoms with E-state index in [1.165, 1.54) is 13.3 Å². The van der Waals surface area contributed by atoms with E-state index in [1.807, 2.05) is 6.92 Å². The van der Waals surface area contributed by atoms with E-state index in [0.717, 1.165) is 19.0 Å². The molecule has 15 heteroatoms. The lowest BCUT2D eigenvalue weighted by atomic mass is 9.90. The standard InChI is InChI=1S/C27H32N10O5/c1-3-4-23(38)37(22-15-28-21(14-29-22)16-11-31-26(42-2)32-12-16)18-7-5-17(6-8-18)34-25-30-13-19(27(39,40)41)24(35-25)20-9-10-33-36-20/h9-15,17-18,39-41H,3-8H2,1-2H3,(H,33,36)(H,30,34,35). The average Bonchev–Trinajstić information content (AvgIpc) is 3.54. The molecule has 220 valence electrons. The number of methoxy groups -OCH3 is 1. The van der Waals surface area contributed by atoms with Gasteiger partial charge in [-0.1, -0.05) is 6.92 Å². The molecule has 0 saturated heterocycles. The van der Waals surface area contributed by atoms with Gasteiger partial charge in [-0.15, -0.1) is 0 Å². The number of aromatic nitrogens is 8. The van der Waals surface area contributed by atoms with Gasteiger partial charge in [-0.25, -0.2) is 24.9 Å². The Morgan fingerprint density at radius 1 is 1.05 bits per heavy atom. The van der Waals surface area contributed by atoms with Gasteiger partial charge in [-0.2, -0.15) is 5.10 Å². The number of aromatic amines is 1. The minimum Gasteiger partial charge on any atom is -0.467 e. The number of aliphatic hydroxyl groups is 3. The molecule has 0 aromatic carbocycles. The molecule has 1 amide bonds. The highest BCUT2D eigenvalue weighted by atomic mass is 16.7. The van der Waals surface area contributed by atoms with Crippen LogP contribution in [0, 0.1) is 0 Å². The van der Waals surface area contributed by atoms with Gasteiger partial charge in [-0.3, -0.25) is 19.8 Å². The molecule has 0 unspecified atom stereocenters. The third-order valence-electron chi connectivity index (χ3n) is 7.03. The molecule has 0 aliphatic heterocycles. The first-order valence-electron chi connectivity index (χ1n) is 13.6. The van der Waals surface area contributed by atoms with Gasteiger partial charge in [-0.05, 0) is 38.2 Å². The number of hydrogen-bond acceptors (Lipinski definition) is 13. The number of ether oxygens (including phenoxy) is 1. The van der Waals surface area contributed by atoms with Crippen LogP contribution in [-0.4, -0.2) is 80.5 Å². The van der Waals surface area contributed by atoms with Crippen LogP contribution in [0.25, 0.3) is 22.6 Å². The molecule has 4 aromatic rings. The number of nitrogens with one attached hydrogen (secondary N) is 2. The van der Waals surface area contributed by atoms with E-state index in [1.54, 1.807) is 35.8 Å². The highest BCUT2D eigenvalue weighted by molar-refractivity contribution is 5.93. The summed E-state index contributed by atoms with van der Waals surface area (Å²) < 4.78 is 5.01. The fourth-order valence-corrected chi connectivity index (χ4v) is 4.95. The van der Waals surface area contributed by atoms with Crippen LogP contribution < -0.4 is 15.0 Å². The molecule has 5 N–H and O–H groups in total. The maximum Gasteiger partial charge on any atom is 0.316 e. The third-order valence-corrected chi connectivity index (χ3v) is 7.03. The van der Waals surface area contributed by atoms with Gasteiger partial charge in [0.15, 0.2) is 5.82 Å². The summed E-state index contributed by atoms with van der Waals surface area (Å²) in [6, 6.07) is 1.80. The quantitative estimate of drug-likeness (QED) is 0.171. The van der Waals surface area contributed by atoms with Crippen molar-refractivity contribution < 1.29 is 24.9 Å². The summed E-state index contributed by atoms with van der Waals surface area (Å²) in [6.45, 7) is 1.96. The number of rotatable bonds is 10. The summed E-state index contributed by atoms with van der Waals surface area (Å²) in [6.07, 6.45) is 13.0. The normalized spacial score (nSPS) is 17.1. The number of H-pyrrole nitrogens is 1. The summed E-state index contributed by atoms with van der Waals surface area (Å²) >= 11 is 0. The van der Waals surface area contributed by atoms with Crippen LogP contribution in [-0.2, 0) is 10.8 Å². The second kappa shape index (κ2) is 12.5. The number of anilines is 2. The Bertz CT molecular complexity index is 1470. The molecular weight excluding hydrogens is 544 g/mol. The molecular formula is C27H32N10O5. The van der Waals surface area contributed by atoms with Crippen molar-refractivity contribution >= 4 is 17.7 Å². The molecule has 4 heterocycles. The molecule has 15 nitrogen and oxygen atoms in total. The van der Waals surface area contributed by atoms with E-state index in [4.69, 9.17) is 4.74 Å². The highest BCUT2D eigenvalue weighted by Crippen LogP contribution is 2.31. The molecule has 0 radical (unpaired) electrons. The van der Waals surface area contributed by atoms with Crippen molar-refractivity contribution in [3.63, 3.8) is 0 Å². The van der Waals surface area contributed by atoms with Crippen molar-refractivity contribution in [2.45, 2.75) is 63.5 Å². The Hall–Kier alpha value is -4.60. The summed E-state index contributed by atoms with van der Waals surface area (Å²) in [5.41, 5.74) is 1.47. The molecule has 4 aromatic heterocycles. The van der Waals surface area contributed by atoms with Crippen LogP contribution in [0.15, 0.2) is 43.2 Å². The fraction of sp³-hybridized carbons (Fsp3) is 0.407. The largest absolute Gasteiger partial charge is 0.467 e. The van der Waals surface area contributed by atoms with Crippen molar-refractivity contribution in [3.05, 3.63) is 48.8 Å². The zero-order valence-electron chi connectivity index (χ0n) is 23.2. The first-order chi connectivity index (χ1) is 20.3. The van der Waals surface area contributed by atoms with E-state index in [9.17, 15) is 20.1 Å². The lowest BCUT2D eigenvalue weighted by Gasteiger charge is -2.36. The van der Waals surface area contributed by atoms with Crippen molar-refractivity contribution in [2.24, 2.45) is 0 Å². The Morgan fingerprint density at radius 3 is 2.40 bits per heavy atom. The number of nitrogens with zero attached hydrogens (tertiary/aromatic N) is 8. The van der Waals surface area contributed by atoms with E-state index >= 15 is 0 Å². The lowest BCUT2D eigenvalue weighted by Crippen LogP contribution is -2.44. The van der Waals surface area contributed by atoms with Gasteiger partial charge >= 0.3 is 12.0 Å². The van der Waals surface area contributed by atoms with Gasteiger partial charge in [0, 0.05) is 48.9 Å². The van der Waals surface area contributed by atoms with Crippen LogP contribution in [0.1, 0.15) is 51.0 Å². The van der Waals surface area contributed by atoms with Crippen LogP contribution in [0.4, 0.5) is 11.8 Å². The number of carbonyl (C=O) groups excluding carboxylic acids is 1. The zero-order valence-corrected chi connectivity index (χ0v) is 23.2. The predicted octanol–water partition coefficient (Wildman–Crippen LogP) is 1.77. The van der Waals surface area contributed by atoms with Gasteiger partial charge < -0.3 is 25.4 Å². The number of amides is 1. The van der Waals surface area contributed by atoms with Crippen molar-refractivity contribution in [3.8, 4) is 28.7 Å². The summed E-state index contributed by atoms with van der Waals surface area (Å²) in [5, 5.41) is 39.1. The monoisotopic (exact) mass is 576 g/mol. The molecule has 42 heavy (non-hydrogen) atoms. The van der Waals surface area contributed by atoms with Crippen LogP contribution in [0.2, 0.25) is 0 Å². The maximum atomic E-state index is 13.2. The van der Waals surface area contributed by atoms with Gasteiger partial charge in [0.05, 0.1) is 36.5 Å². The number of carbonyl (C=O) groups is 1. The summed E-state index contributed by atoms with van der Waals surface area (Å²) in [4.78, 5) is 40.9. The van der Waals surface area contributed by atoms with Crippen LogP contribution in [0.5, 0.6) is 6.01 Å². The van der Waals surface area contributed by atoms with Crippen molar-refractivity contribution in [1.29, 1.82) is 0 Å². The second-order valence-electron chi connectivity index (χ2n) is 9.94. The molecule has 0 atom stereocenters. The molecule has 1 aliphatic rings. The summed E-state index contributed by atoms with van der Waals surface area (Å²) in [5.74, 6) is -2.37. The van der Waals surface area contributed by atoms with Crippen molar-refractivity contribution in [2.75, 3.05) is 17.3 Å². The van der Waals surface area contributed by atoms with E-state index in [-0.39, 0.29) is 41.2 Å². The topological polar surface area (TPSA) is 208 Å². The smallest absolute Gasteiger partial charge is 0.316 e.